The summed E-state index contributed by atoms with van der Waals surface area (Å²) < 4.78 is 18.6. The fourth-order valence-electron chi connectivity index (χ4n) is 1.41. The Balaban J connectivity index is 2.36. The van der Waals surface area contributed by atoms with E-state index in [4.69, 9.17) is 4.74 Å². The van der Waals surface area contributed by atoms with Gasteiger partial charge in [-0.3, -0.25) is 0 Å². The molecule has 2 atom stereocenters. The highest BCUT2D eigenvalue weighted by molar-refractivity contribution is 4.81. The lowest BCUT2D eigenvalue weighted by atomic mass is 9.92. The van der Waals surface area contributed by atoms with E-state index in [-0.39, 0.29) is 12.7 Å². The van der Waals surface area contributed by atoms with Crippen LogP contribution in [0, 0.1) is 5.92 Å². The molecule has 0 amide bonds. The lowest BCUT2D eigenvalue weighted by Gasteiger charge is -2.33. The Kier molecular flexibility index (Phi) is 2.53. The Morgan fingerprint density at radius 3 is 2.55 bits per heavy atom. The van der Waals surface area contributed by atoms with Gasteiger partial charge in [0.2, 0.25) is 0 Å². The van der Waals surface area contributed by atoms with Crippen molar-refractivity contribution in [2.24, 2.45) is 5.92 Å². The van der Waals surface area contributed by atoms with E-state index >= 15 is 0 Å². The van der Waals surface area contributed by atoms with E-state index < -0.39 is 5.67 Å². The van der Waals surface area contributed by atoms with Crippen molar-refractivity contribution in [3.8, 4) is 0 Å². The topological polar surface area (TPSA) is 9.23 Å². The molecule has 1 nitrogen and oxygen atoms in total. The van der Waals surface area contributed by atoms with Crippen molar-refractivity contribution in [3.05, 3.63) is 0 Å². The molecule has 0 aromatic rings. The van der Waals surface area contributed by atoms with Crippen LogP contribution in [0.15, 0.2) is 0 Å². The first-order valence-electron chi connectivity index (χ1n) is 4.32. The SMILES string of the molecule is CC(C)C1CCC(C)(F)CO1. The minimum atomic E-state index is -1.08. The summed E-state index contributed by atoms with van der Waals surface area (Å²) >= 11 is 0. The molecule has 0 spiro atoms. The predicted molar refractivity (Wildman–Crippen MR) is 43.3 cm³/mol. The van der Waals surface area contributed by atoms with Crippen LogP contribution in [0.2, 0.25) is 0 Å². The van der Waals surface area contributed by atoms with Crippen molar-refractivity contribution < 1.29 is 9.13 Å². The van der Waals surface area contributed by atoms with E-state index in [0.29, 0.717) is 12.3 Å². The number of rotatable bonds is 1. The minimum Gasteiger partial charge on any atom is -0.375 e. The van der Waals surface area contributed by atoms with Crippen molar-refractivity contribution in [2.75, 3.05) is 6.61 Å². The quantitative estimate of drug-likeness (QED) is 0.572. The van der Waals surface area contributed by atoms with Gasteiger partial charge in [-0.1, -0.05) is 13.8 Å². The fraction of sp³-hybridized carbons (Fsp3) is 1.00. The second-order valence-corrected chi connectivity index (χ2v) is 4.05. The lowest BCUT2D eigenvalue weighted by molar-refractivity contribution is -0.0860. The highest BCUT2D eigenvalue weighted by atomic mass is 19.1. The third-order valence-electron chi connectivity index (χ3n) is 2.29. The van der Waals surface area contributed by atoms with E-state index in [1.165, 1.54) is 0 Å². The van der Waals surface area contributed by atoms with Gasteiger partial charge in [0.15, 0.2) is 0 Å². The summed E-state index contributed by atoms with van der Waals surface area (Å²) in [7, 11) is 0. The van der Waals surface area contributed by atoms with Gasteiger partial charge in [-0.2, -0.15) is 0 Å². The molecule has 0 aromatic carbocycles. The standard InChI is InChI=1S/C9H17FO/c1-7(2)8-4-5-9(3,10)6-11-8/h7-8H,4-6H2,1-3H3. The van der Waals surface area contributed by atoms with Gasteiger partial charge in [0.05, 0.1) is 12.7 Å². The van der Waals surface area contributed by atoms with Crippen LogP contribution in [0.25, 0.3) is 0 Å². The Morgan fingerprint density at radius 2 is 2.18 bits per heavy atom. The monoisotopic (exact) mass is 160 g/mol. The molecule has 2 heteroatoms. The average Bonchev–Trinajstić information content (AvgIpc) is 1.86. The summed E-state index contributed by atoms with van der Waals surface area (Å²) in [5, 5.41) is 0. The second kappa shape index (κ2) is 3.10. The second-order valence-electron chi connectivity index (χ2n) is 4.05. The molecule has 0 N–H and O–H groups in total. The van der Waals surface area contributed by atoms with E-state index in [1.807, 2.05) is 0 Å². The molecule has 2 unspecified atom stereocenters. The smallest absolute Gasteiger partial charge is 0.131 e. The minimum absolute atomic E-state index is 0.274. The van der Waals surface area contributed by atoms with Gasteiger partial charge in [-0.25, -0.2) is 4.39 Å². The summed E-state index contributed by atoms with van der Waals surface area (Å²) in [6.45, 7) is 6.12. The number of hydrogen-bond donors (Lipinski definition) is 0. The van der Waals surface area contributed by atoms with Crippen LogP contribution in [0.3, 0.4) is 0 Å². The zero-order valence-electron chi connectivity index (χ0n) is 7.56. The molecule has 1 rings (SSSR count). The number of ether oxygens (including phenoxy) is 1. The molecule has 1 saturated heterocycles. The van der Waals surface area contributed by atoms with Crippen LogP contribution in [0.1, 0.15) is 33.6 Å². The maximum absolute atomic E-state index is 13.2. The van der Waals surface area contributed by atoms with Crippen molar-refractivity contribution in [1.82, 2.24) is 0 Å². The molecule has 11 heavy (non-hydrogen) atoms. The van der Waals surface area contributed by atoms with Gasteiger partial charge < -0.3 is 4.74 Å². The Hall–Kier alpha value is -0.110. The molecule has 0 aromatic heterocycles. The van der Waals surface area contributed by atoms with E-state index in [0.717, 1.165) is 6.42 Å². The predicted octanol–water partition coefficient (Wildman–Crippen LogP) is 2.55. The molecule has 0 bridgehead atoms. The van der Waals surface area contributed by atoms with E-state index in [2.05, 4.69) is 13.8 Å². The first kappa shape index (κ1) is 8.98. The van der Waals surface area contributed by atoms with Gasteiger partial charge in [0.25, 0.3) is 0 Å². The molecular weight excluding hydrogens is 143 g/mol. The first-order chi connectivity index (χ1) is 5.01. The number of hydrogen-bond acceptors (Lipinski definition) is 1. The lowest BCUT2D eigenvalue weighted by Crippen LogP contribution is -2.37. The Morgan fingerprint density at radius 1 is 1.55 bits per heavy atom. The summed E-state index contributed by atoms with van der Waals surface area (Å²) in [6, 6.07) is 0. The van der Waals surface area contributed by atoms with Crippen LogP contribution >= 0.6 is 0 Å². The van der Waals surface area contributed by atoms with Gasteiger partial charge in [-0.05, 0) is 25.7 Å². The zero-order valence-corrected chi connectivity index (χ0v) is 7.56. The van der Waals surface area contributed by atoms with Crippen LogP contribution in [-0.4, -0.2) is 18.4 Å². The molecule has 0 saturated carbocycles. The first-order valence-corrected chi connectivity index (χ1v) is 4.32. The molecular formula is C9H17FO. The number of halogens is 1. The molecule has 1 aliphatic heterocycles. The molecule has 0 aliphatic carbocycles. The number of alkyl halides is 1. The van der Waals surface area contributed by atoms with Gasteiger partial charge >= 0.3 is 0 Å². The molecule has 1 aliphatic rings. The van der Waals surface area contributed by atoms with E-state index in [1.54, 1.807) is 6.92 Å². The molecule has 1 heterocycles. The van der Waals surface area contributed by atoms with Crippen LogP contribution in [-0.2, 0) is 4.74 Å². The fourth-order valence-corrected chi connectivity index (χ4v) is 1.41. The Bertz CT molecular complexity index is 122. The van der Waals surface area contributed by atoms with E-state index in [9.17, 15) is 4.39 Å². The summed E-state index contributed by atoms with van der Waals surface area (Å²) in [5.41, 5.74) is -1.08. The van der Waals surface area contributed by atoms with Crippen molar-refractivity contribution in [3.63, 3.8) is 0 Å². The molecule has 0 radical (unpaired) electrons. The summed E-state index contributed by atoms with van der Waals surface area (Å²) in [6.07, 6.45) is 1.79. The van der Waals surface area contributed by atoms with Crippen molar-refractivity contribution >= 4 is 0 Å². The van der Waals surface area contributed by atoms with Gasteiger partial charge in [0, 0.05) is 0 Å². The largest absolute Gasteiger partial charge is 0.375 e. The molecule has 66 valence electrons. The highest BCUT2D eigenvalue weighted by Gasteiger charge is 2.32. The van der Waals surface area contributed by atoms with Gasteiger partial charge in [-0.15, -0.1) is 0 Å². The summed E-state index contributed by atoms with van der Waals surface area (Å²) in [4.78, 5) is 0. The highest BCUT2D eigenvalue weighted by Crippen LogP contribution is 2.28. The Labute approximate surface area is 67.9 Å². The maximum Gasteiger partial charge on any atom is 0.131 e. The third-order valence-corrected chi connectivity index (χ3v) is 2.29. The summed E-state index contributed by atoms with van der Waals surface area (Å²) in [5.74, 6) is 0.520. The van der Waals surface area contributed by atoms with Crippen LogP contribution < -0.4 is 0 Å². The zero-order chi connectivity index (χ0) is 8.48. The van der Waals surface area contributed by atoms with Gasteiger partial charge in [0.1, 0.15) is 5.67 Å². The maximum atomic E-state index is 13.2. The van der Waals surface area contributed by atoms with Crippen molar-refractivity contribution in [2.45, 2.75) is 45.4 Å². The molecule has 1 fully saturated rings. The average molecular weight is 160 g/mol. The van der Waals surface area contributed by atoms with Crippen molar-refractivity contribution in [1.29, 1.82) is 0 Å². The van der Waals surface area contributed by atoms with Crippen LogP contribution in [0.5, 0.6) is 0 Å². The third kappa shape index (κ3) is 2.44. The normalized spacial score (nSPS) is 39.5. The van der Waals surface area contributed by atoms with Crippen LogP contribution in [0.4, 0.5) is 4.39 Å².